The number of aromatic carboxylic acids is 1. The first-order valence-corrected chi connectivity index (χ1v) is 8.60. The van der Waals surface area contributed by atoms with Crippen molar-refractivity contribution < 1.29 is 48.9 Å². The average molecular weight is 388 g/mol. The Morgan fingerprint density at radius 2 is 1.86 bits per heavy atom. The summed E-state index contributed by atoms with van der Waals surface area (Å²) in [5, 5.41) is 11.6. The Bertz CT molecular complexity index is 1060. The molecule has 1 aromatic heterocycles. The molecule has 0 atom stereocenters. The van der Waals surface area contributed by atoms with Crippen molar-refractivity contribution in [2.45, 2.75) is 0 Å². The van der Waals surface area contributed by atoms with Gasteiger partial charge in [0, 0.05) is 30.1 Å². The van der Waals surface area contributed by atoms with Gasteiger partial charge in [-0.25, -0.2) is 0 Å². The molecule has 1 saturated heterocycles. The smallest absolute Gasteiger partial charge is 0.545 e. The molecule has 2 aromatic carbocycles. The third kappa shape index (κ3) is 4.23. The molecule has 0 unspecified atom stereocenters. The minimum atomic E-state index is -1.28. The third-order valence-electron chi connectivity index (χ3n) is 4.46. The number of carbonyl (C=O) groups is 1. The SMILES string of the molecule is O=C([O-])c1cccc(Oc2cccc3c(=O)cc(N4CCOCC4)[nH]c23)c1.[Na+]. The number of carbonyl (C=O) groups excluding carboxylic acids is 1. The number of H-pyrrole nitrogens is 1. The maximum atomic E-state index is 12.6. The fraction of sp³-hybridized carbons (Fsp3) is 0.200. The van der Waals surface area contributed by atoms with E-state index < -0.39 is 5.97 Å². The largest absolute Gasteiger partial charge is 1.00 e. The molecule has 1 fully saturated rings. The van der Waals surface area contributed by atoms with Crippen molar-refractivity contribution in [2.75, 3.05) is 31.2 Å². The molecule has 138 valence electrons. The summed E-state index contributed by atoms with van der Waals surface area (Å²) in [5.74, 6) is 0.216. The van der Waals surface area contributed by atoms with E-state index in [9.17, 15) is 14.7 Å². The van der Waals surface area contributed by atoms with E-state index in [1.54, 1.807) is 36.4 Å². The number of rotatable bonds is 4. The van der Waals surface area contributed by atoms with Crippen LogP contribution < -0.4 is 49.7 Å². The van der Waals surface area contributed by atoms with Gasteiger partial charge >= 0.3 is 29.6 Å². The molecule has 2 heterocycles. The predicted octanol–water partition coefficient (Wildman–Crippen LogP) is -1.48. The molecule has 0 bridgehead atoms. The second-order valence-electron chi connectivity index (χ2n) is 6.21. The number of para-hydroxylation sites is 1. The van der Waals surface area contributed by atoms with Crippen LogP contribution in [0.15, 0.2) is 53.3 Å². The van der Waals surface area contributed by atoms with Gasteiger partial charge in [0.25, 0.3) is 0 Å². The van der Waals surface area contributed by atoms with Crippen LogP contribution in [0.3, 0.4) is 0 Å². The Hall–Kier alpha value is -2.32. The third-order valence-corrected chi connectivity index (χ3v) is 4.46. The minimum absolute atomic E-state index is 0. The summed E-state index contributed by atoms with van der Waals surface area (Å²) in [7, 11) is 0. The zero-order valence-electron chi connectivity index (χ0n) is 15.4. The van der Waals surface area contributed by atoms with Crippen LogP contribution in [0.1, 0.15) is 10.4 Å². The van der Waals surface area contributed by atoms with Crippen LogP contribution in [0.4, 0.5) is 5.82 Å². The van der Waals surface area contributed by atoms with Crippen LogP contribution >= 0.6 is 0 Å². The van der Waals surface area contributed by atoms with Crippen LogP contribution in [-0.2, 0) is 4.74 Å². The average Bonchev–Trinajstić information content (AvgIpc) is 2.69. The van der Waals surface area contributed by atoms with Gasteiger partial charge in [-0.2, -0.15) is 0 Å². The number of benzene rings is 2. The second kappa shape index (κ2) is 8.79. The van der Waals surface area contributed by atoms with Gasteiger partial charge in [0.05, 0.1) is 24.7 Å². The molecule has 0 aliphatic carbocycles. The summed E-state index contributed by atoms with van der Waals surface area (Å²) in [6, 6.07) is 12.8. The topological polar surface area (TPSA) is 94.7 Å². The fourth-order valence-corrected chi connectivity index (χ4v) is 3.10. The number of nitrogens with zero attached hydrogens (tertiary/aromatic N) is 1. The van der Waals surface area contributed by atoms with E-state index in [1.807, 2.05) is 0 Å². The van der Waals surface area contributed by atoms with E-state index in [1.165, 1.54) is 12.1 Å². The monoisotopic (exact) mass is 388 g/mol. The normalized spacial score (nSPS) is 13.8. The first kappa shape index (κ1) is 20.4. The second-order valence-corrected chi connectivity index (χ2v) is 6.21. The standard InChI is InChI=1S/C20H18N2O5.Na/c23-16-12-18(22-7-9-26-10-8-22)21-19-15(16)5-2-6-17(19)27-14-4-1-3-13(11-14)20(24)25;/h1-6,11-12H,7-10H2,(H,21,23)(H,24,25);/q;+1/p-1. The van der Waals surface area contributed by atoms with Gasteiger partial charge in [-0.05, 0) is 24.3 Å². The first-order valence-electron chi connectivity index (χ1n) is 8.60. The first-order chi connectivity index (χ1) is 13.1. The van der Waals surface area contributed by atoms with Crippen LogP contribution in [0, 0.1) is 0 Å². The van der Waals surface area contributed by atoms with Gasteiger partial charge in [0.2, 0.25) is 0 Å². The number of ether oxygens (including phenoxy) is 2. The molecule has 8 heteroatoms. The molecule has 1 aliphatic rings. The number of fused-ring (bicyclic) bond motifs is 1. The summed E-state index contributed by atoms with van der Waals surface area (Å²) >= 11 is 0. The van der Waals surface area contributed by atoms with Crippen LogP contribution in [0.25, 0.3) is 10.9 Å². The number of aromatic nitrogens is 1. The fourth-order valence-electron chi connectivity index (χ4n) is 3.10. The molecule has 4 rings (SSSR count). The Morgan fingerprint density at radius 3 is 2.61 bits per heavy atom. The number of hydrogen-bond donors (Lipinski definition) is 1. The summed E-state index contributed by atoms with van der Waals surface area (Å²) in [5.41, 5.74) is 0.472. The molecular formula is C20H17N2NaO5. The Labute approximate surface area is 183 Å². The molecule has 1 N–H and O–H groups in total. The molecule has 28 heavy (non-hydrogen) atoms. The maximum Gasteiger partial charge on any atom is 1.00 e. The number of nitrogens with one attached hydrogen (secondary N) is 1. The van der Waals surface area contributed by atoms with Gasteiger partial charge in [0.15, 0.2) is 11.2 Å². The van der Waals surface area contributed by atoms with Crippen LogP contribution in [0.2, 0.25) is 0 Å². The maximum absolute atomic E-state index is 12.6. The summed E-state index contributed by atoms with van der Waals surface area (Å²) in [6.07, 6.45) is 0. The van der Waals surface area contributed by atoms with Crippen LogP contribution in [0.5, 0.6) is 11.5 Å². The summed E-state index contributed by atoms with van der Waals surface area (Å²) in [4.78, 5) is 29.0. The van der Waals surface area contributed by atoms with Crippen molar-refractivity contribution in [3.63, 3.8) is 0 Å². The van der Waals surface area contributed by atoms with E-state index in [0.29, 0.717) is 54.5 Å². The minimum Gasteiger partial charge on any atom is -0.545 e. The van der Waals surface area contributed by atoms with Crippen molar-refractivity contribution in [3.8, 4) is 11.5 Å². The number of morpholine rings is 1. The number of aromatic amines is 1. The molecule has 0 spiro atoms. The Kier molecular flexibility index (Phi) is 6.41. The molecule has 0 saturated carbocycles. The molecular weight excluding hydrogens is 371 g/mol. The number of carboxylic acid groups (broad SMARTS) is 1. The van der Waals surface area contributed by atoms with Crippen molar-refractivity contribution in [3.05, 3.63) is 64.3 Å². The Morgan fingerprint density at radius 1 is 1.11 bits per heavy atom. The van der Waals surface area contributed by atoms with Gasteiger partial charge in [-0.3, -0.25) is 4.79 Å². The number of pyridine rings is 1. The van der Waals surface area contributed by atoms with Crippen molar-refractivity contribution in [1.82, 2.24) is 4.98 Å². The molecule has 0 amide bonds. The molecule has 0 radical (unpaired) electrons. The zero-order chi connectivity index (χ0) is 18.8. The quantitative estimate of drug-likeness (QED) is 0.548. The molecule has 3 aromatic rings. The number of anilines is 1. The molecule has 7 nitrogen and oxygen atoms in total. The summed E-state index contributed by atoms with van der Waals surface area (Å²) < 4.78 is 11.2. The Balaban J connectivity index is 0.00000225. The number of carboxylic acids is 1. The van der Waals surface area contributed by atoms with E-state index in [2.05, 4.69) is 9.88 Å². The van der Waals surface area contributed by atoms with Gasteiger partial charge < -0.3 is 29.3 Å². The number of hydrogen-bond acceptors (Lipinski definition) is 6. The van der Waals surface area contributed by atoms with E-state index in [-0.39, 0.29) is 40.5 Å². The van der Waals surface area contributed by atoms with E-state index in [0.717, 1.165) is 0 Å². The van der Waals surface area contributed by atoms with Crippen molar-refractivity contribution in [2.24, 2.45) is 0 Å². The molecule has 1 aliphatic heterocycles. The summed E-state index contributed by atoms with van der Waals surface area (Å²) in [6.45, 7) is 2.60. The van der Waals surface area contributed by atoms with Gasteiger partial charge in [0.1, 0.15) is 11.6 Å². The van der Waals surface area contributed by atoms with Crippen molar-refractivity contribution >= 4 is 22.7 Å². The van der Waals surface area contributed by atoms with E-state index >= 15 is 0 Å². The predicted molar refractivity (Wildman–Crippen MR) is 98.4 cm³/mol. The zero-order valence-corrected chi connectivity index (χ0v) is 17.4. The van der Waals surface area contributed by atoms with Gasteiger partial charge in [-0.15, -0.1) is 0 Å². The van der Waals surface area contributed by atoms with Crippen LogP contribution in [-0.4, -0.2) is 37.3 Å². The van der Waals surface area contributed by atoms with Gasteiger partial charge in [-0.1, -0.05) is 18.2 Å². The van der Waals surface area contributed by atoms with Crippen molar-refractivity contribution in [1.29, 1.82) is 0 Å². The van der Waals surface area contributed by atoms with E-state index in [4.69, 9.17) is 9.47 Å².